The molecule has 0 aromatic carbocycles. The molecule has 0 aromatic rings. The third-order valence-corrected chi connectivity index (χ3v) is 2.40. The minimum Gasteiger partial charge on any atom is -0.388 e. The van der Waals surface area contributed by atoms with E-state index >= 15 is 0 Å². The molecule has 3 heteroatoms. The molecule has 0 radical (unpaired) electrons. The first-order valence-electron chi connectivity index (χ1n) is 6.11. The van der Waals surface area contributed by atoms with Gasteiger partial charge >= 0.3 is 0 Å². The molecule has 0 unspecified atom stereocenters. The molecule has 3 nitrogen and oxygen atoms in total. The summed E-state index contributed by atoms with van der Waals surface area (Å²) in [6.45, 7) is 9.91. The number of hydrogen-bond acceptors (Lipinski definition) is 2. The Kier molecular flexibility index (Phi) is 8.38. The summed E-state index contributed by atoms with van der Waals surface area (Å²) >= 11 is 0. The Labute approximate surface area is 94.5 Å². The molecule has 0 atom stereocenters. The molecule has 0 rings (SSSR count). The highest BCUT2D eigenvalue weighted by Crippen LogP contribution is 2.03. The Morgan fingerprint density at radius 2 is 1.93 bits per heavy atom. The molecule has 0 aromatic heterocycles. The Balaban J connectivity index is 3.78. The van der Waals surface area contributed by atoms with E-state index in [0.717, 1.165) is 19.6 Å². The van der Waals surface area contributed by atoms with Gasteiger partial charge in [-0.3, -0.25) is 5.41 Å². The molecule has 0 aliphatic rings. The predicted molar refractivity (Wildman–Crippen MR) is 67.3 cm³/mol. The van der Waals surface area contributed by atoms with Gasteiger partial charge in [-0.1, -0.05) is 33.6 Å². The molecule has 0 aliphatic carbocycles. The van der Waals surface area contributed by atoms with Gasteiger partial charge in [0.15, 0.2) is 0 Å². The lowest BCUT2D eigenvalue weighted by atomic mass is 10.1. The van der Waals surface area contributed by atoms with Crippen molar-refractivity contribution in [3.63, 3.8) is 0 Å². The number of hydrogen-bond donors (Lipinski definition) is 2. The monoisotopic (exact) mass is 213 g/mol. The fourth-order valence-corrected chi connectivity index (χ4v) is 1.67. The summed E-state index contributed by atoms with van der Waals surface area (Å²) in [6.07, 6.45) is 4.54. The molecule has 0 saturated carbocycles. The van der Waals surface area contributed by atoms with E-state index in [2.05, 4.69) is 25.7 Å². The van der Waals surface area contributed by atoms with E-state index in [9.17, 15) is 0 Å². The van der Waals surface area contributed by atoms with E-state index in [1.165, 1.54) is 19.3 Å². The molecule has 0 bridgehead atoms. The zero-order valence-electron chi connectivity index (χ0n) is 10.6. The van der Waals surface area contributed by atoms with Gasteiger partial charge in [-0.2, -0.15) is 0 Å². The van der Waals surface area contributed by atoms with Gasteiger partial charge in [0.25, 0.3) is 0 Å². The molecular weight excluding hydrogens is 186 g/mol. The van der Waals surface area contributed by atoms with Gasteiger partial charge in [0.1, 0.15) is 0 Å². The van der Waals surface area contributed by atoms with Crippen molar-refractivity contribution in [1.82, 2.24) is 4.90 Å². The summed E-state index contributed by atoms with van der Waals surface area (Å²) in [5.74, 6) is 0.998. The normalized spacial score (nSPS) is 11.3. The second kappa shape index (κ2) is 8.72. The fraction of sp³-hybridized carbons (Fsp3) is 0.917. The average molecular weight is 213 g/mol. The van der Waals surface area contributed by atoms with Gasteiger partial charge in [-0.05, 0) is 18.9 Å². The molecule has 0 fully saturated rings. The topological polar surface area (TPSA) is 53.1 Å². The zero-order valence-corrected chi connectivity index (χ0v) is 10.6. The van der Waals surface area contributed by atoms with Crippen LogP contribution < -0.4 is 5.73 Å². The largest absolute Gasteiger partial charge is 0.388 e. The second-order valence-corrected chi connectivity index (χ2v) is 4.68. The summed E-state index contributed by atoms with van der Waals surface area (Å²) in [5, 5.41) is 7.23. The number of unbranched alkanes of at least 4 members (excludes halogenated alkanes) is 2. The molecule has 0 saturated heterocycles. The average Bonchev–Trinajstić information content (AvgIpc) is 2.13. The minimum absolute atomic E-state index is 0.305. The smallest absolute Gasteiger partial charge is 0.0918 e. The van der Waals surface area contributed by atoms with Crippen LogP contribution in [0.15, 0.2) is 0 Å². The highest BCUT2D eigenvalue weighted by Gasteiger charge is 2.07. The standard InChI is InChI=1S/C12H27N3/c1-4-5-6-8-15(10-11(2)3)9-7-12(13)14/h11H,4-10H2,1-3H3,(H3,13,14). The molecule has 0 amide bonds. The van der Waals surface area contributed by atoms with Crippen molar-refractivity contribution in [2.45, 2.75) is 46.5 Å². The molecular formula is C12H27N3. The molecule has 15 heavy (non-hydrogen) atoms. The third kappa shape index (κ3) is 9.73. The Hall–Kier alpha value is -0.570. The first-order valence-corrected chi connectivity index (χ1v) is 6.11. The van der Waals surface area contributed by atoms with Crippen LogP contribution in [-0.2, 0) is 0 Å². The van der Waals surface area contributed by atoms with E-state index in [0.29, 0.717) is 18.2 Å². The van der Waals surface area contributed by atoms with Crippen LogP contribution in [0.2, 0.25) is 0 Å². The summed E-state index contributed by atoms with van der Waals surface area (Å²) < 4.78 is 0. The van der Waals surface area contributed by atoms with Crippen molar-refractivity contribution in [3.05, 3.63) is 0 Å². The van der Waals surface area contributed by atoms with Crippen LogP contribution in [0.1, 0.15) is 46.5 Å². The van der Waals surface area contributed by atoms with Crippen LogP contribution in [-0.4, -0.2) is 30.4 Å². The van der Waals surface area contributed by atoms with Crippen molar-refractivity contribution >= 4 is 5.84 Å². The van der Waals surface area contributed by atoms with Crippen molar-refractivity contribution < 1.29 is 0 Å². The zero-order chi connectivity index (χ0) is 11.7. The van der Waals surface area contributed by atoms with Crippen molar-refractivity contribution in [2.75, 3.05) is 19.6 Å². The van der Waals surface area contributed by atoms with Crippen LogP contribution >= 0.6 is 0 Å². The lowest BCUT2D eigenvalue weighted by Crippen LogP contribution is -2.32. The van der Waals surface area contributed by atoms with Crippen LogP contribution in [0, 0.1) is 11.3 Å². The number of nitrogens with zero attached hydrogens (tertiary/aromatic N) is 1. The van der Waals surface area contributed by atoms with Crippen LogP contribution in [0.25, 0.3) is 0 Å². The first kappa shape index (κ1) is 14.4. The van der Waals surface area contributed by atoms with E-state index in [1.54, 1.807) is 0 Å². The Morgan fingerprint density at radius 1 is 1.27 bits per heavy atom. The summed E-state index contributed by atoms with van der Waals surface area (Å²) in [6, 6.07) is 0. The summed E-state index contributed by atoms with van der Waals surface area (Å²) in [7, 11) is 0. The second-order valence-electron chi connectivity index (χ2n) is 4.68. The third-order valence-electron chi connectivity index (χ3n) is 2.40. The van der Waals surface area contributed by atoms with E-state index < -0.39 is 0 Å². The molecule has 3 N–H and O–H groups in total. The van der Waals surface area contributed by atoms with Crippen molar-refractivity contribution in [2.24, 2.45) is 11.7 Å². The lowest BCUT2D eigenvalue weighted by Gasteiger charge is -2.23. The SMILES string of the molecule is CCCCCN(CCC(=N)N)CC(C)C. The minimum atomic E-state index is 0.305. The highest BCUT2D eigenvalue weighted by atomic mass is 15.1. The number of rotatable bonds is 9. The number of amidine groups is 1. The van der Waals surface area contributed by atoms with Crippen LogP contribution in [0.4, 0.5) is 0 Å². The van der Waals surface area contributed by atoms with Gasteiger partial charge in [0.2, 0.25) is 0 Å². The summed E-state index contributed by atoms with van der Waals surface area (Å²) in [4.78, 5) is 2.43. The maximum Gasteiger partial charge on any atom is 0.0918 e. The first-order chi connectivity index (χ1) is 7.06. The Morgan fingerprint density at radius 3 is 2.40 bits per heavy atom. The molecule has 90 valence electrons. The van der Waals surface area contributed by atoms with Crippen LogP contribution in [0.5, 0.6) is 0 Å². The summed E-state index contributed by atoms with van der Waals surface area (Å²) in [5.41, 5.74) is 5.38. The number of nitrogens with two attached hydrogens (primary N) is 1. The van der Waals surface area contributed by atoms with Crippen LogP contribution in [0.3, 0.4) is 0 Å². The maximum atomic E-state index is 7.23. The molecule has 0 spiro atoms. The molecule has 0 heterocycles. The van der Waals surface area contributed by atoms with E-state index in [1.807, 2.05) is 0 Å². The quantitative estimate of drug-likeness (QED) is 0.351. The Bertz CT molecular complexity index is 166. The fourth-order valence-electron chi connectivity index (χ4n) is 1.67. The maximum absolute atomic E-state index is 7.23. The van der Waals surface area contributed by atoms with Crippen molar-refractivity contribution in [3.8, 4) is 0 Å². The van der Waals surface area contributed by atoms with Gasteiger partial charge in [-0.15, -0.1) is 0 Å². The molecule has 0 aliphatic heterocycles. The number of nitrogens with one attached hydrogen (secondary N) is 1. The highest BCUT2D eigenvalue weighted by molar-refractivity contribution is 5.76. The predicted octanol–water partition coefficient (Wildman–Crippen LogP) is 2.46. The van der Waals surface area contributed by atoms with E-state index in [4.69, 9.17) is 11.1 Å². The van der Waals surface area contributed by atoms with Gasteiger partial charge < -0.3 is 10.6 Å². The lowest BCUT2D eigenvalue weighted by molar-refractivity contribution is 0.245. The van der Waals surface area contributed by atoms with Crippen molar-refractivity contribution in [1.29, 1.82) is 5.41 Å². The van der Waals surface area contributed by atoms with Gasteiger partial charge in [-0.25, -0.2) is 0 Å². The van der Waals surface area contributed by atoms with E-state index in [-0.39, 0.29) is 0 Å². The van der Waals surface area contributed by atoms with Gasteiger partial charge in [0.05, 0.1) is 5.84 Å². The van der Waals surface area contributed by atoms with Gasteiger partial charge in [0, 0.05) is 19.5 Å².